The first-order chi connectivity index (χ1) is 12.1. The number of guanidine groups is 1. The van der Waals surface area contributed by atoms with E-state index >= 15 is 0 Å². The average molecular weight is 499 g/mol. The second-order valence-electron chi connectivity index (χ2n) is 6.79. The van der Waals surface area contributed by atoms with E-state index < -0.39 is 0 Å². The number of amides is 1. The molecule has 2 aliphatic heterocycles. The molecule has 26 heavy (non-hydrogen) atoms. The Morgan fingerprint density at radius 3 is 2.50 bits per heavy atom. The summed E-state index contributed by atoms with van der Waals surface area (Å²) in [6.45, 7) is 4.97. The van der Waals surface area contributed by atoms with Gasteiger partial charge in [0.1, 0.15) is 0 Å². The summed E-state index contributed by atoms with van der Waals surface area (Å²) in [5, 5.41) is 9.75. The molecular formula is C17H34IN5O2S. The SMILES string of the molecule is CN=C(NCC1(SC)CCOCC1)NC1CCN(CC(=O)NC)CC1.I. The molecule has 2 aliphatic rings. The van der Waals surface area contributed by atoms with Crippen LogP contribution in [0.2, 0.25) is 0 Å². The maximum absolute atomic E-state index is 11.5. The van der Waals surface area contributed by atoms with Crippen LogP contribution in [0.5, 0.6) is 0 Å². The van der Waals surface area contributed by atoms with E-state index in [1.165, 1.54) is 0 Å². The number of likely N-dealkylation sites (N-methyl/N-ethyl adjacent to an activating group) is 1. The van der Waals surface area contributed by atoms with Crippen molar-refractivity contribution in [2.75, 3.05) is 59.7 Å². The molecule has 0 aromatic carbocycles. The van der Waals surface area contributed by atoms with E-state index in [2.05, 4.69) is 32.1 Å². The van der Waals surface area contributed by atoms with E-state index in [0.717, 1.165) is 64.5 Å². The predicted molar refractivity (Wildman–Crippen MR) is 120 cm³/mol. The number of nitrogens with one attached hydrogen (secondary N) is 3. The number of thioether (sulfide) groups is 1. The lowest BCUT2D eigenvalue weighted by molar-refractivity contribution is -0.122. The number of piperidine rings is 1. The third-order valence-electron chi connectivity index (χ3n) is 5.21. The fourth-order valence-corrected chi connectivity index (χ4v) is 4.14. The Labute approximate surface area is 178 Å². The fourth-order valence-electron chi connectivity index (χ4n) is 3.35. The Morgan fingerprint density at radius 1 is 1.31 bits per heavy atom. The zero-order valence-corrected chi connectivity index (χ0v) is 19.3. The van der Waals surface area contributed by atoms with Crippen molar-refractivity contribution in [1.82, 2.24) is 20.9 Å². The Hall–Kier alpha value is -0.260. The van der Waals surface area contributed by atoms with Crippen LogP contribution in [0.4, 0.5) is 0 Å². The van der Waals surface area contributed by atoms with Crippen molar-refractivity contribution in [2.45, 2.75) is 36.5 Å². The van der Waals surface area contributed by atoms with Gasteiger partial charge >= 0.3 is 0 Å². The largest absolute Gasteiger partial charge is 0.381 e. The van der Waals surface area contributed by atoms with Gasteiger partial charge in [0.05, 0.1) is 6.54 Å². The van der Waals surface area contributed by atoms with Gasteiger partial charge in [-0.15, -0.1) is 24.0 Å². The quantitative estimate of drug-likeness (QED) is 0.287. The molecule has 0 bridgehead atoms. The van der Waals surface area contributed by atoms with Gasteiger partial charge in [0, 0.05) is 57.7 Å². The van der Waals surface area contributed by atoms with Gasteiger partial charge in [0.25, 0.3) is 0 Å². The number of hydrogen-bond acceptors (Lipinski definition) is 5. The highest BCUT2D eigenvalue weighted by Crippen LogP contribution is 2.32. The van der Waals surface area contributed by atoms with Gasteiger partial charge in [-0.2, -0.15) is 11.8 Å². The lowest BCUT2D eigenvalue weighted by Crippen LogP contribution is -2.52. The molecule has 1 amide bonds. The van der Waals surface area contributed by atoms with Gasteiger partial charge < -0.3 is 20.7 Å². The molecule has 7 nitrogen and oxygen atoms in total. The molecular weight excluding hydrogens is 465 g/mol. The van der Waals surface area contributed by atoms with Gasteiger partial charge in [0.15, 0.2) is 5.96 Å². The lowest BCUT2D eigenvalue weighted by atomic mass is 9.99. The van der Waals surface area contributed by atoms with Crippen LogP contribution in [0.3, 0.4) is 0 Å². The molecule has 0 radical (unpaired) electrons. The minimum absolute atomic E-state index is 0. The number of carbonyl (C=O) groups is 1. The van der Waals surface area contributed by atoms with Crippen molar-refractivity contribution in [3.63, 3.8) is 0 Å². The molecule has 0 atom stereocenters. The van der Waals surface area contributed by atoms with Crippen LogP contribution in [0.1, 0.15) is 25.7 Å². The second kappa shape index (κ2) is 12.2. The monoisotopic (exact) mass is 499 g/mol. The van der Waals surface area contributed by atoms with Gasteiger partial charge in [-0.3, -0.25) is 14.7 Å². The van der Waals surface area contributed by atoms with Crippen molar-refractivity contribution in [2.24, 2.45) is 4.99 Å². The molecule has 0 unspecified atom stereocenters. The summed E-state index contributed by atoms with van der Waals surface area (Å²) in [4.78, 5) is 18.1. The Morgan fingerprint density at radius 2 is 1.96 bits per heavy atom. The molecule has 9 heteroatoms. The van der Waals surface area contributed by atoms with E-state index in [0.29, 0.717) is 12.6 Å². The highest BCUT2D eigenvalue weighted by Gasteiger charge is 2.32. The third kappa shape index (κ3) is 7.40. The summed E-state index contributed by atoms with van der Waals surface area (Å²) in [5.74, 6) is 0.965. The number of carbonyl (C=O) groups excluding carboxylic acids is 1. The standard InChI is InChI=1S/C17H33N5O2S.HI/c1-18-15(23)12-22-8-4-14(5-9-22)21-16(19-2)20-13-17(25-3)6-10-24-11-7-17;/h14H,4-13H2,1-3H3,(H,18,23)(H2,19,20,21);1H. The molecule has 0 aromatic rings. The smallest absolute Gasteiger partial charge is 0.233 e. The Balaban J connectivity index is 0.00000338. The highest BCUT2D eigenvalue weighted by atomic mass is 127. The number of aliphatic imine (C=N–C) groups is 1. The first-order valence-electron chi connectivity index (χ1n) is 9.14. The van der Waals surface area contributed by atoms with E-state index in [-0.39, 0.29) is 34.6 Å². The molecule has 2 fully saturated rings. The summed E-state index contributed by atoms with van der Waals surface area (Å²) >= 11 is 1.93. The first kappa shape index (κ1) is 23.8. The molecule has 0 spiro atoms. The summed E-state index contributed by atoms with van der Waals surface area (Å²) in [5.41, 5.74) is 0. The average Bonchev–Trinajstić information content (AvgIpc) is 2.67. The molecule has 2 heterocycles. The number of hydrogen-bond donors (Lipinski definition) is 3. The van der Waals surface area contributed by atoms with Crippen LogP contribution in [0.25, 0.3) is 0 Å². The predicted octanol–water partition coefficient (Wildman–Crippen LogP) is 0.892. The number of likely N-dealkylation sites (tertiary alicyclic amines) is 1. The van der Waals surface area contributed by atoms with E-state index in [1.54, 1.807) is 7.05 Å². The van der Waals surface area contributed by atoms with Crippen LogP contribution in [-0.2, 0) is 9.53 Å². The van der Waals surface area contributed by atoms with Gasteiger partial charge in [-0.05, 0) is 31.9 Å². The van der Waals surface area contributed by atoms with Crippen LogP contribution >= 0.6 is 35.7 Å². The van der Waals surface area contributed by atoms with E-state index in [1.807, 2.05) is 18.8 Å². The van der Waals surface area contributed by atoms with E-state index in [4.69, 9.17) is 4.74 Å². The Kier molecular flexibility index (Phi) is 11.2. The summed E-state index contributed by atoms with van der Waals surface area (Å²) < 4.78 is 5.75. The lowest BCUT2D eigenvalue weighted by Gasteiger charge is -2.37. The molecule has 152 valence electrons. The van der Waals surface area contributed by atoms with Crippen LogP contribution in [-0.4, -0.2) is 87.3 Å². The van der Waals surface area contributed by atoms with Crippen molar-refractivity contribution < 1.29 is 9.53 Å². The normalized spacial score (nSPS) is 21.6. The maximum atomic E-state index is 11.5. The summed E-state index contributed by atoms with van der Waals surface area (Å²) in [6.07, 6.45) is 6.40. The van der Waals surface area contributed by atoms with Crippen molar-refractivity contribution >= 4 is 47.6 Å². The highest BCUT2D eigenvalue weighted by molar-refractivity contribution is 14.0. The zero-order valence-electron chi connectivity index (χ0n) is 16.2. The first-order valence-corrected chi connectivity index (χ1v) is 10.4. The Bertz CT molecular complexity index is 452. The molecule has 3 N–H and O–H groups in total. The maximum Gasteiger partial charge on any atom is 0.233 e. The van der Waals surface area contributed by atoms with Gasteiger partial charge in [0.2, 0.25) is 5.91 Å². The molecule has 0 saturated carbocycles. The molecule has 2 rings (SSSR count). The second-order valence-corrected chi connectivity index (χ2v) is 8.07. The molecule has 2 saturated heterocycles. The van der Waals surface area contributed by atoms with Gasteiger partial charge in [-0.25, -0.2) is 0 Å². The van der Waals surface area contributed by atoms with E-state index in [9.17, 15) is 4.79 Å². The molecule has 0 aliphatic carbocycles. The minimum atomic E-state index is 0. The fraction of sp³-hybridized carbons (Fsp3) is 0.882. The van der Waals surface area contributed by atoms with Crippen LogP contribution in [0, 0.1) is 0 Å². The number of rotatable bonds is 6. The third-order valence-corrected chi connectivity index (χ3v) is 6.63. The number of nitrogens with zero attached hydrogens (tertiary/aromatic N) is 2. The molecule has 0 aromatic heterocycles. The number of halogens is 1. The van der Waals surface area contributed by atoms with Crippen molar-refractivity contribution in [1.29, 1.82) is 0 Å². The van der Waals surface area contributed by atoms with Crippen LogP contribution in [0.15, 0.2) is 4.99 Å². The van der Waals surface area contributed by atoms with Crippen molar-refractivity contribution in [3.05, 3.63) is 0 Å². The summed E-state index contributed by atoms with van der Waals surface area (Å²) in [6, 6.07) is 0.409. The number of ether oxygens (including phenoxy) is 1. The topological polar surface area (TPSA) is 78.0 Å². The zero-order chi connectivity index (χ0) is 18.1. The summed E-state index contributed by atoms with van der Waals surface area (Å²) in [7, 11) is 3.51. The van der Waals surface area contributed by atoms with Crippen LogP contribution < -0.4 is 16.0 Å². The minimum Gasteiger partial charge on any atom is -0.381 e. The van der Waals surface area contributed by atoms with Crippen molar-refractivity contribution in [3.8, 4) is 0 Å². The van der Waals surface area contributed by atoms with Gasteiger partial charge in [-0.1, -0.05) is 0 Å².